The molecular weight excluding hydrogens is 503 g/mol. The van der Waals surface area contributed by atoms with E-state index in [-0.39, 0.29) is 54.1 Å². The molecule has 1 aliphatic heterocycles. The average molecular weight is 534 g/mol. The number of fused-ring (bicyclic) bond motifs is 1. The minimum Gasteiger partial charge on any atom is -0.459 e. The van der Waals surface area contributed by atoms with Gasteiger partial charge < -0.3 is 9.84 Å². The standard InChI is InChI=1S/C20H30O11S2.Na/c1-12-4-7-16-19(2,14(12)6-5-13-15(21)10-29-18(13)22)9-8-17(31-33(26,27)28)20(16,3)11-30-32(23,24)25;/h5,15-17,21H,4,6-11H2,1-3H3,(H,23,24,25)(H,26,27,28);/q;+1/b13-5+;/t15-,16+,17-,19+,20+;/m1./s1. The second-order valence-corrected chi connectivity index (χ2v) is 11.6. The quantitative estimate of drug-likeness (QED) is 0.117. The van der Waals surface area contributed by atoms with Gasteiger partial charge in [0.1, 0.15) is 12.7 Å². The van der Waals surface area contributed by atoms with Gasteiger partial charge in [0.2, 0.25) is 0 Å². The van der Waals surface area contributed by atoms with Gasteiger partial charge in [0.05, 0.1) is 18.3 Å². The molecule has 0 aromatic rings. The third kappa shape index (κ3) is 6.31. The zero-order valence-electron chi connectivity index (χ0n) is 19.7. The van der Waals surface area contributed by atoms with Gasteiger partial charge in [0.15, 0.2) is 0 Å². The molecule has 0 amide bonds. The molecule has 0 radical (unpaired) electrons. The van der Waals surface area contributed by atoms with Crippen molar-refractivity contribution >= 4 is 26.8 Å². The van der Waals surface area contributed by atoms with E-state index < -0.39 is 56.4 Å². The summed E-state index contributed by atoms with van der Waals surface area (Å²) in [5.41, 5.74) is 0.495. The van der Waals surface area contributed by atoms with Crippen molar-refractivity contribution in [3.8, 4) is 0 Å². The van der Waals surface area contributed by atoms with Crippen LogP contribution in [0.25, 0.3) is 0 Å². The van der Waals surface area contributed by atoms with E-state index in [1.165, 1.54) is 0 Å². The summed E-state index contributed by atoms with van der Waals surface area (Å²) in [6.45, 7) is 4.91. The van der Waals surface area contributed by atoms with Crippen LogP contribution in [0.3, 0.4) is 0 Å². The number of aliphatic hydroxyl groups excluding tert-OH is 1. The Morgan fingerprint density at radius 3 is 2.32 bits per heavy atom. The number of allylic oxidation sites excluding steroid dienone is 3. The number of esters is 1. The smallest absolute Gasteiger partial charge is 0.459 e. The largest absolute Gasteiger partial charge is 1.00 e. The Labute approximate surface area is 222 Å². The van der Waals surface area contributed by atoms with Crippen LogP contribution in [-0.2, 0) is 38.7 Å². The summed E-state index contributed by atoms with van der Waals surface area (Å²) in [7, 11) is -9.64. The molecule has 0 aromatic heterocycles. The molecule has 1 heterocycles. The topological polar surface area (TPSA) is 174 Å². The van der Waals surface area contributed by atoms with Crippen molar-refractivity contribution in [1.82, 2.24) is 0 Å². The summed E-state index contributed by atoms with van der Waals surface area (Å²) in [5, 5.41) is 10.00. The van der Waals surface area contributed by atoms with Gasteiger partial charge >= 0.3 is 56.3 Å². The van der Waals surface area contributed by atoms with Crippen molar-refractivity contribution in [2.24, 2.45) is 16.7 Å². The van der Waals surface area contributed by atoms with Crippen molar-refractivity contribution in [1.29, 1.82) is 0 Å². The van der Waals surface area contributed by atoms with Gasteiger partial charge in [0.25, 0.3) is 0 Å². The van der Waals surface area contributed by atoms with Crippen LogP contribution in [0.4, 0.5) is 0 Å². The van der Waals surface area contributed by atoms with E-state index in [1.54, 1.807) is 13.0 Å². The minimum atomic E-state index is -4.83. The summed E-state index contributed by atoms with van der Waals surface area (Å²) in [5.74, 6) is -0.917. The Morgan fingerprint density at radius 2 is 1.79 bits per heavy atom. The number of hydrogen-bond donors (Lipinski definition) is 3. The zero-order valence-corrected chi connectivity index (χ0v) is 23.3. The van der Waals surface area contributed by atoms with Crippen LogP contribution in [0.1, 0.15) is 52.9 Å². The van der Waals surface area contributed by atoms with Gasteiger partial charge in [-0.15, -0.1) is 0 Å². The molecule has 1 saturated carbocycles. The number of carbonyl (C=O) groups is 1. The van der Waals surface area contributed by atoms with Crippen LogP contribution in [0, 0.1) is 16.7 Å². The molecule has 14 heteroatoms. The molecule has 34 heavy (non-hydrogen) atoms. The second-order valence-electron chi connectivity index (χ2n) is 9.49. The number of ether oxygens (including phenoxy) is 1. The molecule has 0 bridgehead atoms. The fraction of sp³-hybridized carbons (Fsp3) is 0.750. The van der Waals surface area contributed by atoms with Crippen molar-refractivity contribution in [2.75, 3.05) is 13.2 Å². The molecule has 5 atom stereocenters. The summed E-state index contributed by atoms with van der Waals surface area (Å²) >= 11 is 0. The molecule has 0 unspecified atom stereocenters. The van der Waals surface area contributed by atoms with Gasteiger partial charge in [-0.3, -0.25) is 9.11 Å². The zero-order chi connectivity index (χ0) is 24.8. The summed E-state index contributed by atoms with van der Waals surface area (Å²) in [6, 6.07) is 0. The molecule has 3 N–H and O–H groups in total. The molecule has 2 aliphatic carbocycles. The number of cyclic esters (lactones) is 1. The van der Waals surface area contributed by atoms with E-state index in [4.69, 9.17) is 17.7 Å². The first-order valence-electron chi connectivity index (χ1n) is 10.6. The molecule has 3 aliphatic rings. The van der Waals surface area contributed by atoms with Gasteiger partial charge in [-0.1, -0.05) is 31.1 Å². The molecule has 3 rings (SSSR count). The molecule has 11 nitrogen and oxygen atoms in total. The summed E-state index contributed by atoms with van der Waals surface area (Å²) in [4.78, 5) is 11.9. The third-order valence-corrected chi connectivity index (χ3v) is 8.38. The minimum absolute atomic E-state index is 0. The van der Waals surface area contributed by atoms with E-state index >= 15 is 0 Å². The van der Waals surface area contributed by atoms with Crippen molar-refractivity contribution in [3.63, 3.8) is 0 Å². The Balaban J connectivity index is 0.00000408. The first-order chi connectivity index (χ1) is 15.1. The summed E-state index contributed by atoms with van der Waals surface area (Å²) < 4.78 is 78.6. The van der Waals surface area contributed by atoms with E-state index in [0.29, 0.717) is 25.7 Å². The Hall–Kier alpha value is -0.350. The van der Waals surface area contributed by atoms with E-state index in [2.05, 4.69) is 0 Å². The van der Waals surface area contributed by atoms with Crippen molar-refractivity contribution < 1.29 is 78.5 Å². The van der Waals surface area contributed by atoms with E-state index in [9.17, 15) is 31.3 Å². The Bertz CT molecular complexity index is 1080. The van der Waals surface area contributed by atoms with Gasteiger partial charge in [0, 0.05) is 5.41 Å². The van der Waals surface area contributed by atoms with E-state index in [1.807, 2.05) is 13.8 Å². The molecule has 1 saturated heterocycles. The van der Waals surface area contributed by atoms with Gasteiger partial charge in [-0.25, -0.2) is 13.2 Å². The maximum atomic E-state index is 11.9. The van der Waals surface area contributed by atoms with Crippen LogP contribution >= 0.6 is 0 Å². The predicted octanol–water partition coefficient (Wildman–Crippen LogP) is -1.24. The third-order valence-electron chi connectivity index (χ3n) is 7.49. The fourth-order valence-corrected chi connectivity index (χ4v) is 6.91. The van der Waals surface area contributed by atoms with Crippen molar-refractivity contribution in [3.05, 3.63) is 22.8 Å². The Morgan fingerprint density at radius 1 is 1.15 bits per heavy atom. The number of hydrogen-bond acceptors (Lipinski definition) is 9. The monoisotopic (exact) mass is 533 g/mol. The number of rotatable bonds is 7. The first kappa shape index (κ1) is 29.9. The van der Waals surface area contributed by atoms with Crippen LogP contribution < -0.4 is 29.6 Å². The maximum absolute atomic E-state index is 11.9. The Kier molecular flexibility index (Phi) is 9.28. The van der Waals surface area contributed by atoms with Crippen LogP contribution in [-0.4, -0.2) is 62.4 Å². The first-order valence-corrected chi connectivity index (χ1v) is 13.3. The number of carbonyl (C=O) groups excluding carboxylic acids is 1. The normalized spacial score (nSPS) is 35.6. The second kappa shape index (κ2) is 10.6. The molecule has 0 aromatic carbocycles. The van der Waals surface area contributed by atoms with Crippen LogP contribution in [0.5, 0.6) is 0 Å². The summed E-state index contributed by atoms with van der Waals surface area (Å²) in [6.07, 6.45) is 1.70. The number of aliphatic hydroxyl groups is 1. The molecule has 0 spiro atoms. The average Bonchev–Trinajstić information content (AvgIpc) is 2.99. The van der Waals surface area contributed by atoms with Gasteiger partial charge in [-0.05, 0) is 50.4 Å². The van der Waals surface area contributed by atoms with Crippen LogP contribution in [0.15, 0.2) is 22.8 Å². The fourth-order valence-electron chi connectivity index (χ4n) is 5.90. The molecule has 2 fully saturated rings. The van der Waals surface area contributed by atoms with E-state index in [0.717, 1.165) is 11.1 Å². The van der Waals surface area contributed by atoms with Crippen LogP contribution in [0.2, 0.25) is 0 Å². The van der Waals surface area contributed by atoms with Crippen molar-refractivity contribution in [2.45, 2.75) is 65.1 Å². The predicted molar refractivity (Wildman–Crippen MR) is 114 cm³/mol. The SMILES string of the molecule is CC1=C(C/C=C2/C(=O)OC[C@H]2O)[C@]2(C)CC[C@@H](OS(=O)(=O)O)[C@@](C)(COS(=O)(=O)O)[C@H]2CC1.[Na+]. The van der Waals surface area contributed by atoms with Gasteiger partial charge in [-0.2, -0.15) is 16.8 Å². The maximum Gasteiger partial charge on any atom is 1.00 e. The molecular formula is C20H30NaO11S2+. The molecule has 188 valence electrons.